The maximum Gasteiger partial charge on any atom is 0.129 e. The number of unbranched alkanes of at least 4 members (excludes halogenated alkanes) is 3. The summed E-state index contributed by atoms with van der Waals surface area (Å²) in [7, 11) is 0. The van der Waals surface area contributed by atoms with Crippen molar-refractivity contribution in [2.75, 3.05) is 0 Å². The molecule has 0 aromatic heterocycles. The van der Waals surface area contributed by atoms with E-state index in [1.165, 1.54) is 32.1 Å². The van der Waals surface area contributed by atoms with E-state index in [9.17, 15) is 4.79 Å². The summed E-state index contributed by atoms with van der Waals surface area (Å²) in [6.07, 6.45) is 7.45. The van der Waals surface area contributed by atoms with Crippen LogP contribution in [-0.2, 0) is 4.79 Å². The highest BCUT2D eigenvalue weighted by Gasteiger charge is 1.77. The molecule has 1 heteroatoms. The van der Waals surface area contributed by atoms with E-state index < -0.39 is 0 Å². The molecule has 0 N–H and O–H groups in total. The molecule has 0 fully saturated rings. The Labute approximate surface area is 91.3 Å². The van der Waals surface area contributed by atoms with Crippen molar-refractivity contribution in [2.45, 2.75) is 80.1 Å². The van der Waals surface area contributed by atoms with Gasteiger partial charge in [-0.1, -0.05) is 66.7 Å². The number of carbonyl (C=O) groups is 1. The summed E-state index contributed by atoms with van der Waals surface area (Å²) in [6, 6.07) is 0. The van der Waals surface area contributed by atoms with Crippen LogP contribution in [0, 0.1) is 0 Å². The van der Waals surface area contributed by atoms with Gasteiger partial charge in [-0.3, -0.25) is 0 Å². The van der Waals surface area contributed by atoms with Crippen LogP contribution in [0.25, 0.3) is 0 Å². The molecule has 0 heterocycles. The Morgan fingerprint density at radius 2 is 1.07 bits per heavy atom. The van der Waals surface area contributed by atoms with Gasteiger partial charge in [0.1, 0.15) is 5.78 Å². The van der Waals surface area contributed by atoms with Crippen molar-refractivity contribution in [3.63, 3.8) is 0 Å². The Balaban J connectivity index is -0.000000138. The van der Waals surface area contributed by atoms with Crippen LogP contribution in [0.1, 0.15) is 80.1 Å². The van der Waals surface area contributed by atoms with Gasteiger partial charge in [0.2, 0.25) is 0 Å². The molecule has 0 atom stereocenters. The third kappa shape index (κ3) is 60.9. The number of Topliss-reactive ketones (excluding diaryl/α,β-unsaturated/α-hetero) is 1. The van der Waals surface area contributed by atoms with Crippen molar-refractivity contribution in [1.82, 2.24) is 0 Å². The second-order valence-electron chi connectivity index (χ2n) is 3.47. The van der Waals surface area contributed by atoms with Gasteiger partial charge in [-0.05, 0) is 6.92 Å². The fourth-order valence-electron chi connectivity index (χ4n) is 0.500. The third-order valence-corrected chi connectivity index (χ3v) is 1.45. The summed E-state index contributed by atoms with van der Waals surface area (Å²) in [5, 5.41) is 0. The minimum Gasteiger partial charge on any atom is -0.300 e. The highest BCUT2D eigenvalue weighted by Crippen LogP contribution is 1.95. The maximum absolute atomic E-state index is 9.81. The van der Waals surface area contributed by atoms with E-state index in [4.69, 9.17) is 0 Å². The topological polar surface area (TPSA) is 17.1 Å². The molecule has 0 aromatic carbocycles. The zero-order valence-electron chi connectivity index (χ0n) is 11.2. The number of hydrogen-bond donors (Lipinski definition) is 0. The molecular formula is C13H30O. The normalized spacial score (nSPS) is 7.86. The molecule has 14 heavy (non-hydrogen) atoms. The molecule has 1 nitrogen and oxygen atoms in total. The zero-order valence-corrected chi connectivity index (χ0v) is 11.2. The summed E-state index contributed by atoms with van der Waals surface area (Å²) < 4.78 is 0. The lowest BCUT2D eigenvalue weighted by Crippen LogP contribution is -1.80. The lowest BCUT2D eigenvalue weighted by atomic mass is 10.2. The molecule has 88 valence electrons. The van der Waals surface area contributed by atoms with Crippen LogP contribution in [0.2, 0.25) is 0 Å². The van der Waals surface area contributed by atoms with E-state index in [0.29, 0.717) is 6.42 Å². The van der Waals surface area contributed by atoms with Gasteiger partial charge < -0.3 is 4.79 Å². The molecular weight excluding hydrogens is 172 g/mol. The summed E-state index contributed by atoms with van der Waals surface area (Å²) >= 11 is 0. The Bertz CT molecular complexity index is 83.2. The second kappa shape index (κ2) is 23.0. The van der Waals surface area contributed by atoms with Crippen molar-refractivity contribution >= 4 is 5.78 Å². The number of carbonyl (C=O) groups excluding carboxylic acids is 1. The number of rotatable bonds is 4. The van der Waals surface area contributed by atoms with E-state index in [1.54, 1.807) is 6.92 Å². The molecule has 0 radical (unpaired) electrons. The average Bonchev–Trinajstić information content (AvgIpc) is 2.17. The summed E-state index contributed by atoms with van der Waals surface area (Å²) in [6.45, 7) is 12.1. The summed E-state index contributed by atoms with van der Waals surface area (Å²) in [4.78, 5) is 9.81. The first kappa shape index (κ1) is 19.3. The predicted octanol–water partition coefficient (Wildman–Crippen LogP) is 4.99. The Kier molecular flexibility index (Phi) is 31.6. The van der Waals surface area contributed by atoms with Gasteiger partial charge in [0.05, 0.1) is 0 Å². The van der Waals surface area contributed by atoms with Crippen LogP contribution in [0.3, 0.4) is 0 Å². The predicted molar refractivity (Wildman–Crippen MR) is 66.8 cm³/mol. The van der Waals surface area contributed by atoms with Crippen LogP contribution < -0.4 is 0 Å². The van der Waals surface area contributed by atoms with Crippen LogP contribution >= 0.6 is 0 Å². The van der Waals surface area contributed by atoms with Crippen molar-refractivity contribution in [1.29, 1.82) is 0 Å². The van der Waals surface area contributed by atoms with Gasteiger partial charge >= 0.3 is 0 Å². The maximum atomic E-state index is 9.81. The molecule has 0 saturated heterocycles. The summed E-state index contributed by atoms with van der Waals surface area (Å²) in [5.41, 5.74) is 0. The molecule has 0 spiro atoms. The molecule has 0 aromatic rings. The fraction of sp³-hybridized carbons (Fsp3) is 0.923. The Morgan fingerprint density at radius 3 is 1.14 bits per heavy atom. The third-order valence-electron chi connectivity index (χ3n) is 1.45. The van der Waals surface area contributed by atoms with Gasteiger partial charge in [-0.15, -0.1) is 0 Å². The Morgan fingerprint density at radius 1 is 0.857 bits per heavy atom. The minimum atomic E-state index is 0.255. The molecule has 0 aliphatic carbocycles. The first-order chi connectivity index (χ1) is 6.60. The van der Waals surface area contributed by atoms with Crippen LogP contribution in [0.5, 0.6) is 0 Å². The van der Waals surface area contributed by atoms with Crippen LogP contribution in [0.15, 0.2) is 0 Å². The molecule has 0 rings (SSSR count). The quantitative estimate of drug-likeness (QED) is 0.587. The largest absolute Gasteiger partial charge is 0.300 e. The van der Waals surface area contributed by atoms with Gasteiger partial charge in [0.15, 0.2) is 0 Å². The van der Waals surface area contributed by atoms with Crippen molar-refractivity contribution < 1.29 is 4.79 Å². The Hall–Kier alpha value is -0.330. The van der Waals surface area contributed by atoms with Gasteiger partial charge in [0, 0.05) is 6.42 Å². The monoisotopic (exact) mass is 202 g/mol. The zero-order chi connectivity index (χ0) is 11.8. The summed E-state index contributed by atoms with van der Waals surface area (Å²) in [5.74, 6) is 0.255. The van der Waals surface area contributed by atoms with Crippen LogP contribution in [-0.4, -0.2) is 5.78 Å². The van der Waals surface area contributed by atoms with E-state index in [-0.39, 0.29) is 5.78 Å². The van der Waals surface area contributed by atoms with Crippen LogP contribution in [0.4, 0.5) is 0 Å². The first-order valence-electron chi connectivity index (χ1n) is 6.09. The number of ketones is 1. The fourth-order valence-corrected chi connectivity index (χ4v) is 0.500. The second-order valence-corrected chi connectivity index (χ2v) is 3.47. The lowest BCUT2D eigenvalue weighted by Gasteiger charge is -1.86. The first-order valence-corrected chi connectivity index (χ1v) is 6.09. The molecule has 0 bridgehead atoms. The lowest BCUT2D eigenvalue weighted by molar-refractivity contribution is -0.116. The SMILES string of the molecule is CCC.CCC(C)=O.CCCCCC. The van der Waals surface area contributed by atoms with Gasteiger partial charge in [-0.25, -0.2) is 0 Å². The minimum absolute atomic E-state index is 0.255. The highest BCUT2D eigenvalue weighted by atomic mass is 16.1. The van der Waals surface area contributed by atoms with E-state index >= 15 is 0 Å². The molecule has 0 amide bonds. The van der Waals surface area contributed by atoms with E-state index in [2.05, 4.69) is 27.7 Å². The van der Waals surface area contributed by atoms with Crippen molar-refractivity contribution in [2.24, 2.45) is 0 Å². The highest BCUT2D eigenvalue weighted by molar-refractivity contribution is 5.74. The van der Waals surface area contributed by atoms with E-state index in [0.717, 1.165) is 0 Å². The average molecular weight is 202 g/mol. The number of hydrogen-bond acceptors (Lipinski definition) is 1. The standard InChI is InChI=1S/C6H14.C4H8O.C3H8/c1-3-5-6-4-2;1-3-4(2)5;1-3-2/h3-6H2,1-2H3;3H2,1-2H3;3H2,1-2H3. The van der Waals surface area contributed by atoms with Crippen molar-refractivity contribution in [3.8, 4) is 0 Å². The van der Waals surface area contributed by atoms with E-state index in [1.807, 2.05) is 6.92 Å². The molecule has 0 unspecified atom stereocenters. The molecule has 0 saturated carbocycles. The van der Waals surface area contributed by atoms with Gasteiger partial charge in [0.25, 0.3) is 0 Å². The van der Waals surface area contributed by atoms with Gasteiger partial charge in [-0.2, -0.15) is 0 Å². The van der Waals surface area contributed by atoms with Crippen molar-refractivity contribution in [3.05, 3.63) is 0 Å². The molecule has 0 aliphatic rings. The smallest absolute Gasteiger partial charge is 0.129 e. The molecule has 0 aliphatic heterocycles.